The highest BCUT2D eigenvalue weighted by molar-refractivity contribution is 6.30. The van der Waals surface area contributed by atoms with E-state index in [2.05, 4.69) is 4.99 Å². The molecule has 0 saturated carbocycles. The largest absolute Gasteiger partial charge is 0.503 e. The van der Waals surface area contributed by atoms with Gasteiger partial charge < -0.3 is 9.84 Å². The van der Waals surface area contributed by atoms with Crippen LogP contribution in [0.2, 0.25) is 5.02 Å². The smallest absolute Gasteiger partial charge is 0.339 e. The SMILES string of the molecule is CN=C(c1ccc(Cl)cc1)c1ccccc1/C(=C\OC)C(=O)O. The van der Waals surface area contributed by atoms with Gasteiger partial charge in [0.05, 0.1) is 19.1 Å². The summed E-state index contributed by atoms with van der Waals surface area (Å²) in [7, 11) is 3.08. The van der Waals surface area contributed by atoms with Gasteiger partial charge in [0, 0.05) is 28.8 Å². The zero-order valence-corrected chi connectivity index (χ0v) is 13.5. The Morgan fingerprint density at radius 2 is 1.74 bits per heavy atom. The first kappa shape index (κ1) is 16.8. The molecule has 0 atom stereocenters. The number of ether oxygens (including phenoxy) is 1. The Morgan fingerprint density at radius 3 is 2.26 bits per heavy atom. The van der Waals surface area contributed by atoms with E-state index in [9.17, 15) is 9.90 Å². The summed E-state index contributed by atoms with van der Waals surface area (Å²) >= 11 is 5.93. The van der Waals surface area contributed by atoms with Crippen molar-refractivity contribution in [2.75, 3.05) is 14.2 Å². The lowest BCUT2D eigenvalue weighted by molar-refractivity contribution is -0.130. The zero-order chi connectivity index (χ0) is 16.8. The van der Waals surface area contributed by atoms with E-state index in [0.29, 0.717) is 21.9 Å². The number of methoxy groups -OCH3 is 1. The minimum Gasteiger partial charge on any atom is -0.503 e. The number of hydrogen-bond acceptors (Lipinski definition) is 3. The van der Waals surface area contributed by atoms with Crippen LogP contribution in [0.4, 0.5) is 0 Å². The molecule has 0 aromatic heterocycles. The van der Waals surface area contributed by atoms with E-state index in [1.807, 2.05) is 24.3 Å². The summed E-state index contributed by atoms with van der Waals surface area (Å²) in [5.74, 6) is -1.06. The summed E-state index contributed by atoms with van der Waals surface area (Å²) in [6.45, 7) is 0. The Labute approximate surface area is 139 Å². The average Bonchev–Trinajstić information content (AvgIpc) is 2.55. The van der Waals surface area contributed by atoms with Crippen molar-refractivity contribution in [1.82, 2.24) is 0 Å². The van der Waals surface area contributed by atoms with Crippen LogP contribution in [0.5, 0.6) is 0 Å². The fraction of sp³-hybridized carbons (Fsp3) is 0.111. The van der Waals surface area contributed by atoms with E-state index in [1.165, 1.54) is 13.4 Å². The molecule has 0 radical (unpaired) electrons. The molecule has 0 amide bonds. The molecule has 2 rings (SSSR count). The molecule has 0 saturated heterocycles. The van der Waals surface area contributed by atoms with Gasteiger partial charge in [-0.05, 0) is 12.1 Å². The van der Waals surface area contributed by atoms with Crippen LogP contribution in [-0.4, -0.2) is 30.9 Å². The third-order valence-corrected chi connectivity index (χ3v) is 3.53. The number of aliphatic imine (C=N–C) groups is 1. The molecule has 0 aliphatic heterocycles. The number of carbonyl (C=O) groups is 1. The third-order valence-electron chi connectivity index (χ3n) is 3.28. The Hall–Kier alpha value is -2.59. The number of carboxylic acids is 1. The molecule has 0 heterocycles. The fourth-order valence-electron chi connectivity index (χ4n) is 2.28. The van der Waals surface area contributed by atoms with Gasteiger partial charge in [0.15, 0.2) is 0 Å². The van der Waals surface area contributed by atoms with E-state index in [1.54, 1.807) is 31.3 Å². The molecule has 0 aliphatic rings. The van der Waals surface area contributed by atoms with Crippen molar-refractivity contribution in [2.45, 2.75) is 0 Å². The Morgan fingerprint density at radius 1 is 1.13 bits per heavy atom. The van der Waals surface area contributed by atoms with Crippen LogP contribution in [0.25, 0.3) is 5.57 Å². The first-order chi connectivity index (χ1) is 11.1. The monoisotopic (exact) mass is 329 g/mol. The third kappa shape index (κ3) is 3.79. The quantitative estimate of drug-likeness (QED) is 0.514. The van der Waals surface area contributed by atoms with Crippen LogP contribution in [-0.2, 0) is 9.53 Å². The summed E-state index contributed by atoms with van der Waals surface area (Å²) in [6, 6.07) is 14.4. The molecule has 23 heavy (non-hydrogen) atoms. The minimum absolute atomic E-state index is 0.0678. The molecule has 2 aromatic carbocycles. The van der Waals surface area contributed by atoms with Gasteiger partial charge in [-0.2, -0.15) is 0 Å². The number of aliphatic carboxylic acids is 1. The standard InChI is InChI=1S/C18H16ClNO3/c1-20-17(12-7-9-13(19)10-8-12)15-6-4-3-5-14(15)16(11-23-2)18(21)22/h3-11H,1-2H3,(H,21,22)/b16-11+,20-17?. The second kappa shape index (κ2) is 7.61. The molecule has 0 fully saturated rings. The summed E-state index contributed by atoms with van der Waals surface area (Å²) in [6.07, 6.45) is 1.22. The summed E-state index contributed by atoms with van der Waals surface area (Å²) in [5, 5.41) is 10.1. The highest BCUT2D eigenvalue weighted by Crippen LogP contribution is 2.24. The van der Waals surface area contributed by atoms with E-state index in [0.717, 1.165) is 5.56 Å². The lowest BCUT2D eigenvalue weighted by atomic mass is 9.93. The predicted octanol–water partition coefficient (Wildman–Crippen LogP) is 3.88. The molecule has 0 spiro atoms. The molecular weight excluding hydrogens is 314 g/mol. The molecule has 4 nitrogen and oxygen atoms in total. The van der Waals surface area contributed by atoms with Gasteiger partial charge >= 0.3 is 5.97 Å². The topological polar surface area (TPSA) is 58.9 Å². The first-order valence-corrected chi connectivity index (χ1v) is 7.25. The van der Waals surface area contributed by atoms with Crippen molar-refractivity contribution in [2.24, 2.45) is 4.99 Å². The van der Waals surface area contributed by atoms with Gasteiger partial charge in [0.25, 0.3) is 0 Å². The maximum atomic E-state index is 11.5. The molecule has 5 heteroatoms. The highest BCUT2D eigenvalue weighted by atomic mass is 35.5. The van der Waals surface area contributed by atoms with E-state index >= 15 is 0 Å². The predicted molar refractivity (Wildman–Crippen MR) is 92.1 cm³/mol. The summed E-state index contributed by atoms with van der Waals surface area (Å²) in [4.78, 5) is 15.9. The van der Waals surface area contributed by atoms with Crippen LogP contribution in [0.3, 0.4) is 0 Å². The van der Waals surface area contributed by atoms with Gasteiger partial charge in [-0.25, -0.2) is 4.79 Å². The Bertz CT molecular complexity index is 764. The normalized spacial score (nSPS) is 12.1. The van der Waals surface area contributed by atoms with Gasteiger partial charge in [0.2, 0.25) is 0 Å². The molecule has 0 bridgehead atoms. The van der Waals surface area contributed by atoms with Crippen molar-refractivity contribution in [3.63, 3.8) is 0 Å². The van der Waals surface area contributed by atoms with Crippen LogP contribution in [0.15, 0.2) is 59.8 Å². The molecule has 0 unspecified atom stereocenters. The van der Waals surface area contributed by atoms with Crippen molar-refractivity contribution in [1.29, 1.82) is 0 Å². The van der Waals surface area contributed by atoms with Crippen LogP contribution in [0, 0.1) is 0 Å². The van der Waals surface area contributed by atoms with Gasteiger partial charge in [0.1, 0.15) is 5.57 Å². The second-order valence-electron chi connectivity index (χ2n) is 4.70. The van der Waals surface area contributed by atoms with Crippen LogP contribution >= 0.6 is 11.6 Å². The maximum Gasteiger partial charge on any atom is 0.339 e. The maximum absolute atomic E-state index is 11.5. The van der Waals surface area contributed by atoms with Crippen molar-refractivity contribution in [3.8, 4) is 0 Å². The van der Waals surface area contributed by atoms with E-state index in [-0.39, 0.29) is 5.57 Å². The molecule has 1 N–H and O–H groups in total. The molecule has 118 valence electrons. The number of rotatable bonds is 5. The lowest BCUT2D eigenvalue weighted by Gasteiger charge is -2.13. The first-order valence-electron chi connectivity index (χ1n) is 6.87. The van der Waals surface area contributed by atoms with Gasteiger partial charge in [-0.3, -0.25) is 4.99 Å². The number of nitrogens with zero attached hydrogens (tertiary/aromatic N) is 1. The minimum atomic E-state index is -1.06. The number of benzene rings is 2. The molecular formula is C18H16ClNO3. The Kier molecular flexibility index (Phi) is 5.55. The Balaban J connectivity index is 2.61. The lowest BCUT2D eigenvalue weighted by Crippen LogP contribution is -2.10. The van der Waals surface area contributed by atoms with Gasteiger partial charge in [-0.15, -0.1) is 0 Å². The van der Waals surface area contributed by atoms with Gasteiger partial charge in [-0.1, -0.05) is 48.0 Å². The molecule has 2 aromatic rings. The molecule has 0 aliphatic carbocycles. The number of carboxylic acid groups (broad SMARTS) is 1. The highest BCUT2D eigenvalue weighted by Gasteiger charge is 2.18. The van der Waals surface area contributed by atoms with Crippen molar-refractivity contribution < 1.29 is 14.6 Å². The zero-order valence-electron chi connectivity index (χ0n) is 12.8. The summed E-state index contributed by atoms with van der Waals surface area (Å²) in [5.41, 5.74) is 2.85. The summed E-state index contributed by atoms with van der Waals surface area (Å²) < 4.78 is 4.91. The van der Waals surface area contributed by atoms with Crippen LogP contribution in [0.1, 0.15) is 16.7 Å². The number of halogens is 1. The van der Waals surface area contributed by atoms with Crippen LogP contribution < -0.4 is 0 Å². The number of hydrogen-bond donors (Lipinski definition) is 1. The second-order valence-corrected chi connectivity index (χ2v) is 5.13. The van der Waals surface area contributed by atoms with E-state index < -0.39 is 5.97 Å². The fourth-order valence-corrected chi connectivity index (χ4v) is 2.41. The van der Waals surface area contributed by atoms with Crippen molar-refractivity contribution in [3.05, 3.63) is 76.5 Å². The average molecular weight is 330 g/mol. The van der Waals surface area contributed by atoms with E-state index in [4.69, 9.17) is 16.3 Å². The van der Waals surface area contributed by atoms with Crippen molar-refractivity contribution >= 4 is 28.9 Å².